The number of halogens is 1. The fourth-order valence-electron chi connectivity index (χ4n) is 4.03. The average Bonchev–Trinajstić information content (AvgIpc) is 2.79. The van der Waals surface area contributed by atoms with Crippen molar-refractivity contribution in [3.05, 3.63) is 60.0 Å². The van der Waals surface area contributed by atoms with E-state index < -0.39 is 5.82 Å². The SMILES string of the molecule is CN(N)c1ccc(-c2ncc(N3CCC(N)CC3)cc2-c2ccc(C#N)c(F)c2)cc1N. The van der Waals surface area contributed by atoms with Crippen LogP contribution in [0.4, 0.5) is 21.5 Å². The van der Waals surface area contributed by atoms with Crippen molar-refractivity contribution in [2.75, 3.05) is 35.8 Å². The number of anilines is 3. The zero-order valence-corrected chi connectivity index (χ0v) is 17.9. The number of nitrogens with two attached hydrogens (primary N) is 3. The lowest BCUT2D eigenvalue weighted by atomic mass is 9.96. The Balaban J connectivity index is 1.83. The first-order valence-corrected chi connectivity index (χ1v) is 10.5. The molecule has 1 aromatic heterocycles. The Hall–Kier alpha value is -3.67. The van der Waals surface area contributed by atoms with Gasteiger partial charge in [0.2, 0.25) is 0 Å². The number of nitrogen functional groups attached to an aromatic ring is 1. The molecule has 1 aliphatic heterocycles. The summed E-state index contributed by atoms with van der Waals surface area (Å²) in [6.45, 7) is 1.68. The minimum absolute atomic E-state index is 0.00372. The van der Waals surface area contributed by atoms with Crippen molar-refractivity contribution < 1.29 is 4.39 Å². The summed E-state index contributed by atoms with van der Waals surface area (Å²) in [5.41, 5.74) is 17.3. The molecule has 7 nitrogen and oxygen atoms in total. The molecule has 8 heteroatoms. The third-order valence-electron chi connectivity index (χ3n) is 5.86. The van der Waals surface area contributed by atoms with Crippen LogP contribution in [-0.2, 0) is 0 Å². The number of benzene rings is 2. The van der Waals surface area contributed by atoms with Crippen molar-refractivity contribution in [2.24, 2.45) is 11.6 Å². The van der Waals surface area contributed by atoms with Crippen molar-refractivity contribution >= 4 is 17.1 Å². The highest BCUT2D eigenvalue weighted by Crippen LogP contribution is 2.36. The molecule has 0 spiro atoms. The van der Waals surface area contributed by atoms with Crippen molar-refractivity contribution in [3.8, 4) is 28.5 Å². The lowest BCUT2D eigenvalue weighted by Gasteiger charge is -2.32. The molecule has 1 aliphatic rings. The van der Waals surface area contributed by atoms with Gasteiger partial charge < -0.3 is 21.4 Å². The normalized spacial score (nSPS) is 14.3. The van der Waals surface area contributed by atoms with Gasteiger partial charge in [-0.3, -0.25) is 4.98 Å². The van der Waals surface area contributed by atoms with E-state index in [0.717, 1.165) is 42.7 Å². The Morgan fingerprint density at radius 3 is 2.47 bits per heavy atom. The summed E-state index contributed by atoms with van der Waals surface area (Å²) in [4.78, 5) is 6.99. The minimum Gasteiger partial charge on any atom is -0.397 e. The fourth-order valence-corrected chi connectivity index (χ4v) is 4.03. The van der Waals surface area contributed by atoms with Gasteiger partial charge in [0.05, 0.1) is 34.5 Å². The summed E-state index contributed by atoms with van der Waals surface area (Å²) in [6.07, 6.45) is 3.65. The van der Waals surface area contributed by atoms with Gasteiger partial charge in [-0.05, 0) is 48.7 Å². The van der Waals surface area contributed by atoms with Gasteiger partial charge in [0.1, 0.15) is 11.9 Å². The van der Waals surface area contributed by atoms with E-state index >= 15 is 0 Å². The second kappa shape index (κ2) is 8.83. The largest absolute Gasteiger partial charge is 0.397 e. The second-order valence-electron chi connectivity index (χ2n) is 8.11. The first-order valence-electron chi connectivity index (χ1n) is 10.5. The van der Waals surface area contributed by atoms with Crippen LogP contribution in [0, 0.1) is 17.1 Å². The predicted molar refractivity (Wildman–Crippen MR) is 126 cm³/mol. The number of nitriles is 1. The molecule has 0 unspecified atom stereocenters. The summed E-state index contributed by atoms with van der Waals surface area (Å²) in [6, 6.07) is 14.2. The van der Waals surface area contributed by atoms with Crippen LogP contribution in [0.15, 0.2) is 48.7 Å². The van der Waals surface area contributed by atoms with E-state index in [1.807, 2.05) is 36.5 Å². The lowest BCUT2D eigenvalue weighted by molar-refractivity contribution is 0.501. The molecule has 0 bridgehead atoms. The molecule has 0 aliphatic carbocycles. The molecule has 0 atom stereocenters. The number of hydrogen-bond acceptors (Lipinski definition) is 7. The van der Waals surface area contributed by atoms with E-state index in [4.69, 9.17) is 27.6 Å². The standard InChI is InChI=1S/C24H26FN7/c1-31(29)23-5-4-16(11-22(23)28)24-20(15-2-3-17(13-26)21(25)10-15)12-19(14-30-24)32-8-6-18(27)7-9-32/h2-5,10-12,14,18H,6-9,27-29H2,1H3. The molecule has 3 aromatic rings. The van der Waals surface area contributed by atoms with Crippen LogP contribution in [0.3, 0.4) is 0 Å². The molecule has 32 heavy (non-hydrogen) atoms. The molecule has 2 aromatic carbocycles. The van der Waals surface area contributed by atoms with Crippen molar-refractivity contribution in [2.45, 2.75) is 18.9 Å². The minimum atomic E-state index is -0.565. The van der Waals surface area contributed by atoms with Crippen molar-refractivity contribution in [3.63, 3.8) is 0 Å². The number of piperidine rings is 1. The van der Waals surface area contributed by atoms with E-state index in [1.165, 1.54) is 17.1 Å². The average molecular weight is 432 g/mol. The Morgan fingerprint density at radius 2 is 1.84 bits per heavy atom. The Morgan fingerprint density at radius 1 is 1.12 bits per heavy atom. The van der Waals surface area contributed by atoms with Gasteiger partial charge in [-0.25, -0.2) is 10.2 Å². The van der Waals surface area contributed by atoms with E-state index in [-0.39, 0.29) is 11.6 Å². The van der Waals surface area contributed by atoms with Crippen LogP contribution in [0.5, 0.6) is 0 Å². The first-order chi connectivity index (χ1) is 15.4. The van der Waals surface area contributed by atoms with E-state index in [2.05, 4.69) is 4.90 Å². The maximum Gasteiger partial charge on any atom is 0.141 e. The van der Waals surface area contributed by atoms with Crippen LogP contribution in [-0.4, -0.2) is 31.2 Å². The van der Waals surface area contributed by atoms with Crippen LogP contribution < -0.4 is 27.2 Å². The number of hydrogen-bond donors (Lipinski definition) is 3. The molecule has 164 valence electrons. The molecule has 0 amide bonds. The Labute approximate surface area is 186 Å². The molecule has 2 heterocycles. The highest BCUT2D eigenvalue weighted by atomic mass is 19.1. The zero-order valence-electron chi connectivity index (χ0n) is 17.9. The van der Waals surface area contributed by atoms with E-state index in [1.54, 1.807) is 13.1 Å². The smallest absolute Gasteiger partial charge is 0.141 e. The number of hydrazine groups is 1. The van der Waals surface area contributed by atoms with Crippen LogP contribution in [0.25, 0.3) is 22.4 Å². The van der Waals surface area contributed by atoms with Crippen molar-refractivity contribution in [1.29, 1.82) is 5.26 Å². The van der Waals surface area contributed by atoms with Crippen LogP contribution in [0.1, 0.15) is 18.4 Å². The van der Waals surface area contributed by atoms with Gasteiger partial charge in [-0.1, -0.05) is 12.1 Å². The molecule has 6 N–H and O–H groups in total. The lowest BCUT2D eigenvalue weighted by Crippen LogP contribution is -2.39. The fraction of sp³-hybridized carbons (Fsp3) is 0.250. The molecular weight excluding hydrogens is 405 g/mol. The number of rotatable bonds is 4. The van der Waals surface area contributed by atoms with Gasteiger partial charge in [-0.15, -0.1) is 0 Å². The third kappa shape index (κ3) is 4.21. The van der Waals surface area contributed by atoms with E-state index in [9.17, 15) is 4.39 Å². The predicted octanol–water partition coefficient (Wildman–Crippen LogP) is 3.25. The van der Waals surface area contributed by atoms with Crippen molar-refractivity contribution in [1.82, 2.24) is 4.98 Å². The Bertz CT molecular complexity index is 1180. The highest BCUT2D eigenvalue weighted by Gasteiger charge is 2.20. The summed E-state index contributed by atoms with van der Waals surface area (Å²) < 4.78 is 14.5. The van der Waals surface area contributed by atoms with Gasteiger partial charge in [0.15, 0.2) is 0 Å². The maximum absolute atomic E-state index is 14.5. The van der Waals surface area contributed by atoms with Gasteiger partial charge in [0.25, 0.3) is 0 Å². The first kappa shape index (κ1) is 21.6. The van der Waals surface area contributed by atoms with Gasteiger partial charge >= 0.3 is 0 Å². The maximum atomic E-state index is 14.5. The summed E-state index contributed by atoms with van der Waals surface area (Å²) >= 11 is 0. The molecule has 1 fully saturated rings. The zero-order chi connectivity index (χ0) is 22.8. The number of nitrogens with zero attached hydrogens (tertiary/aromatic N) is 4. The molecule has 1 saturated heterocycles. The molecule has 4 rings (SSSR count). The summed E-state index contributed by atoms with van der Waals surface area (Å²) in [5, 5.41) is 10.6. The topological polar surface area (TPSA) is 121 Å². The molecule has 0 radical (unpaired) electrons. The van der Waals surface area contributed by atoms with E-state index in [0.29, 0.717) is 22.6 Å². The number of aromatic nitrogens is 1. The Kier molecular flexibility index (Phi) is 5.95. The van der Waals surface area contributed by atoms with Crippen LogP contribution >= 0.6 is 0 Å². The third-order valence-corrected chi connectivity index (χ3v) is 5.86. The van der Waals surface area contributed by atoms with Gasteiger partial charge in [-0.2, -0.15) is 5.26 Å². The summed E-state index contributed by atoms with van der Waals surface area (Å²) in [5.74, 6) is 5.27. The number of pyridine rings is 1. The molecule has 0 saturated carbocycles. The van der Waals surface area contributed by atoms with Gasteiger partial charge in [0, 0.05) is 37.3 Å². The summed E-state index contributed by atoms with van der Waals surface area (Å²) in [7, 11) is 1.72. The second-order valence-corrected chi connectivity index (χ2v) is 8.11. The quantitative estimate of drug-likeness (QED) is 0.329. The molecular formula is C24H26FN7. The highest BCUT2D eigenvalue weighted by molar-refractivity contribution is 5.86. The monoisotopic (exact) mass is 431 g/mol. The van der Waals surface area contributed by atoms with Crippen LogP contribution in [0.2, 0.25) is 0 Å².